The predicted octanol–water partition coefficient (Wildman–Crippen LogP) is 8.90. The van der Waals surface area contributed by atoms with Crippen molar-refractivity contribution >= 4 is 21.5 Å². The van der Waals surface area contributed by atoms with Crippen molar-refractivity contribution in [1.82, 2.24) is 0 Å². The maximum absolute atomic E-state index is 2.43. The van der Waals surface area contributed by atoms with Gasteiger partial charge in [0.1, 0.15) is 0 Å². The molecular weight excluding hydrogens is 396 g/mol. The van der Waals surface area contributed by atoms with Gasteiger partial charge in [-0.05, 0) is 84.6 Å². The minimum absolute atomic E-state index is 0.972. The minimum Gasteiger partial charge on any atom is -0.0622 e. The first-order chi connectivity index (χ1) is 16.4. The van der Waals surface area contributed by atoms with E-state index in [1.54, 1.807) is 0 Å². The predicted molar refractivity (Wildman–Crippen MR) is 141 cm³/mol. The van der Waals surface area contributed by atoms with Gasteiger partial charge in [0.25, 0.3) is 0 Å². The summed E-state index contributed by atoms with van der Waals surface area (Å²) in [5.74, 6) is 0. The number of rotatable bonds is 2. The quantitative estimate of drug-likeness (QED) is 0.263. The average Bonchev–Trinajstić information content (AvgIpc) is 3.28. The zero-order valence-electron chi connectivity index (χ0n) is 18.3. The molecule has 1 aliphatic rings. The molecule has 154 valence electrons. The van der Waals surface area contributed by atoms with E-state index >= 15 is 0 Å². The van der Waals surface area contributed by atoms with E-state index in [2.05, 4.69) is 121 Å². The van der Waals surface area contributed by atoms with Crippen LogP contribution in [0.4, 0.5) is 0 Å². The highest BCUT2D eigenvalue weighted by molar-refractivity contribution is 6.15. The SMILES string of the molecule is c1ccc(-c2cc3c(c4ccccc24)-c2c(cc(-c4ccccc4)c4ccccc24)C3)cc1. The Morgan fingerprint density at radius 2 is 0.727 bits per heavy atom. The summed E-state index contributed by atoms with van der Waals surface area (Å²) < 4.78 is 0. The van der Waals surface area contributed by atoms with E-state index in [0.717, 1.165) is 6.42 Å². The highest BCUT2D eigenvalue weighted by Gasteiger charge is 2.26. The van der Waals surface area contributed by atoms with Gasteiger partial charge >= 0.3 is 0 Å². The molecule has 33 heavy (non-hydrogen) atoms. The van der Waals surface area contributed by atoms with Crippen LogP contribution < -0.4 is 0 Å². The molecule has 0 saturated heterocycles. The molecule has 0 aromatic heterocycles. The van der Waals surface area contributed by atoms with Crippen molar-refractivity contribution in [3.8, 4) is 33.4 Å². The Balaban J connectivity index is 1.57. The van der Waals surface area contributed by atoms with Gasteiger partial charge in [0.15, 0.2) is 0 Å². The van der Waals surface area contributed by atoms with Gasteiger partial charge in [0.05, 0.1) is 0 Å². The fraction of sp³-hybridized carbons (Fsp3) is 0.0303. The zero-order valence-corrected chi connectivity index (χ0v) is 18.3. The second kappa shape index (κ2) is 7.18. The molecule has 6 aromatic carbocycles. The first-order valence-corrected chi connectivity index (χ1v) is 11.6. The molecular formula is C33H22. The molecule has 0 unspecified atom stereocenters. The Labute approximate surface area is 193 Å². The minimum atomic E-state index is 0.972. The number of hydrogen-bond acceptors (Lipinski definition) is 0. The lowest BCUT2D eigenvalue weighted by Gasteiger charge is -2.15. The van der Waals surface area contributed by atoms with E-state index in [-0.39, 0.29) is 0 Å². The maximum atomic E-state index is 2.43. The van der Waals surface area contributed by atoms with Crippen LogP contribution in [-0.2, 0) is 6.42 Å². The smallest absolute Gasteiger partial charge is 0.00126 e. The standard InChI is InChI=1S/C33H22/c1-3-11-22(12-4-1)30-20-24-19-25-21-31(23-13-5-2-6-14-23)27-16-8-10-18-29(27)33(25)32(24)28-17-9-7-15-26(28)30/h1-18,20-21H,19H2. The summed E-state index contributed by atoms with van der Waals surface area (Å²) in [6, 6.07) is 44.3. The molecule has 0 N–H and O–H groups in total. The van der Waals surface area contributed by atoms with Crippen molar-refractivity contribution in [3.05, 3.63) is 132 Å². The van der Waals surface area contributed by atoms with Gasteiger partial charge in [-0.3, -0.25) is 0 Å². The van der Waals surface area contributed by atoms with E-state index in [0.29, 0.717) is 0 Å². The van der Waals surface area contributed by atoms with Crippen LogP contribution in [0.5, 0.6) is 0 Å². The second-order valence-electron chi connectivity index (χ2n) is 8.92. The number of hydrogen-bond donors (Lipinski definition) is 0. The summed E-state index contributed by atoms with van der Waals surface area (Å²) in [5, 5.41) is 5.36. The summed E-state index contributed by atoms with van der Waals surface area (Å²) in [5.41, 5.74) is 10.9. The molecule has 0 heterocycles. The molecule has 0 atom stereocenters. The lowest BCUT2D eigenvalue weighted by Crippen LogP contribution is -1.89. The zero-order chi connectivity index (χ0) is 21.8. The summed E-state index contributed by atoms with van der Waals surface area (Å²) in [4.78, 5) is 0. The van der Waals surface area contributed by atoms with E-state index in [1.165, 1.54) is 66.1 Å². The monoisotopic (exact) mass is 418 g/mol. The van der Waals surface area contributed by atoms with Gasteiger partial charge in [-0.25, -0.2) is 0 Å². The molecule has 0 heteroatoms. The third kappa shape index (κ3) is 2.78. The number of benzene rings is 6. The van der Waals surface area contributed by atoms with Crippen molar-refractivity contribution in [2.45, 2.75) is 6.42 Å². The first kappa shape index (κ1) is 18.4. The average molecular weight is 419 g/mol. The van der Waals surface area contributed by atoms with Crippen LogP contribution in [0.25, 0.3) is 54.9 Å². The van der Waals surface area contributed by atoms with Gasteiger partial charge in [-0.1, -0.05) is 109 Å². The lowest BCUT2D eigenvalue weighted by molar-refractivity contribution is 1.27. The van der Waals surface area contributed by atoms with Crippen LogP contribution in [-0.4, -0.2) is 0 Å². The van der Waals surface area contributed by atoms with E-state index in [1.807, 2.05) is 0 Å². The molecule has 0 fully saturated rings. The highest BCUT2D eigenvalue weighted by Crippen LogP contribution is 2.49. The molecule has 6 aromatic rings. The normalized spacial score (nSPS) is 12.1. The Morgan fingerprint density at radius 3 is 1.15 bits per heavy atom. The fourth-order valence-corrected chi connectivity index (χ4v) is 5.65. The van der Waals surface area contributed by atoms with Gasteiger partial charge in [-0.15, -0.1) is 0 Å². The molecule has 0 saturated carbocycles. The Morgan fingerprint density at radius 1 is 0.364 bits per heavy atom. The molecule has 0 amide bonds. The number of fused-ring (bicyclic) bond motifs is 7. The van der Waals surface area contributed by atoms with Gasteiger partial charge in [0, 0.05) is 0 Å². The van der Waals surface area contributed by atoms with Gasteiger partial charge < -0.3 is 0 Å². The first-order valence-electron chi connectivity index (χ1n) is 11.6. The van der Waals surface area contributed by atoms with Crippen molar-refractivity contribution in [1.29, 1.82) is 0 Å². The topological polar surface area (TPSA) is 0 Å². The van der Waals surface area contributed by atoms with Crippen LogP contribution >= 0.6 is 0 Å². The lowest BCUT2D eigenvalue weighted by atomic mass is 9.88. The van der Waals surface area contributed by atoms with Gasteiger partial charge in [-0.2, -0.15) is 0 Å². The maximum Gasteiger partial charge on any atom is -0.00126 e. The largest absolute Gasteiger partial charge is 0.0622 e. The fourth-order valence-electron chi connectivity index (χ4n) is 5.65. The molecule has 7 rings (SSSR count). The van der Waals surface area contributed by atoms with Crippen LogP contribution in [0.1, 0.15) is 11.1 Å². The van der Waals surface area contributed by atoms with Crippen molar-refractivity contribution in [2.24, 2.45) is 0 Å². The van der Waals surface area contributed by atoms with E-state index < -0.39 is 0 Å². The van der Waals surface area contributed by atoms with Crippen LogP contribution in [0, 0.1) is 0 Å². The van der Waals surface area contributed by atoms with Crippen molar-refractivity contribution < 1.29 is 0 Å². The van der Waals surface area contributed by atoms with Crippen LogP contribution in [0.3, 0.4) is 0 Å². The van der Waals surface area contributed by atoms with Crippen molar-refractivity contribution in [2.75, 3.05) is 0 Å². The molecule has 0 bridgehead atoms. The summed E-state index contributed by atoms with van der Waals surface area (Å²) in [6.07, 6.45) is 0.972. The summed E-state index contributed by atoms with van der Waals surface area (Å²) >= 11 is 0. The van der Waals surface area contributed by atoms with E-state index in [9.17, 15) is 0 Å². The third-order valence-electron chi connectivity index (χ3n) is 7.05. The molecule has 1 aliphatic carbocycles. The summed E-state index contributed by atoms with van der Waals surface area (Å²) in [6.45, 7) is 0. The van der Waals surface area contributed by atoms with Gasteiger partial charge in [0.2, 0.25) is 0 Å². The summed E-state index contributed by atoms with van der Waals surface area (Å²) in [7, 11) is 0. The third-order valence-corrected chi connectivity index (χ3v) is 7.05. The Bertz CT molecular complexity index is 1530. The molecule has 0 aliphatic heterocycles. The van der Waals surface area contributed by atoms with E-state index in [4.69, 9.17) is 0 Å². The van der Waals surface area contributed by atoms with Crippen LogP contribution in [0.15, 0.2) is 121 Å². The molecule has 0 nitrogen and oxygen atoms in total. The van der Waals surface area contributed by atoms with Crippen LogP contribution in [0.2, 0.25) is 0 Å². The Hall–Kier alpha value is -4.16. The second-order valence-corrected chi connectivity index (χ2v) is 8.92. The Kier molecular flexibility index (Phi) is 4.01. The molecule has 0 radical (unpaired) electrons. The molecule has 0 spiro atoms. The van der Waals surface area contributed by atoms with Crippen molar-refractivity contribution in [3.63, 3.8) is 0 Å². The highest BCUT2D eigenvalue weighted by atomic mass is 14.3.